The third kappa shape index (κ3) is 2.07. The first kappa shape index (κ1) is 6.64. The van der Waals surface area contributed by atoms with E-state index in [0.29, 0.717) is 5.69 Å². The summed E-state index contributed by atoms with van der Waals surface area (Å²) in [5.74, 6) is 0. The maximum absolute atomic E-state index is 10.2. The van der Waals surface area contributed by atoms with Crippen molar-refractivity contribution in [2.45, 2.75) is 6.42 Å². The average molecular weight is 163 g/mol. The molecule has 0 unspecified atom stereocenters. The molecule has 0 atom stereocenters. The van der Waals surface area contributed by atoms with Gasteiger partial charge in [0.15, 0.2) is 0 Å². The summed E-state index contributed by atoms with van der Waals surface area (Å²) in [7, 11) is 0. The zero-order chi connectivity index (χ0) is 6.69. The van der Waals surface area contributed by atoms with Gasteiger partial charge < -0.3 is 0 Å². The van der Waals surface area contributed by atoms with Crippen LogP contribution in [0.5, 0.6) is 0 Å². The SMILES string of the molecule is O=C(Cl)Cc1cnsn1. The molecule has 5 heteroatoms. The Kier molecular flexibility index (Phi) is 2.13. The summed E-state index contributed by atoms with van der Waals surface area (Å²) in [4.78, 5) is 10.2. The molecule has 0 aromatic carbocycles. The minimum absolute atomic E-state index is 0.179. The van der Waals surface area contributed by atoms with E-state index in [9.17, 15) is 4.79 Å². The van der Waals surface area contributed by atoms with Gasteiger partial charge in [-0.15, -0.1) is 0 Å². The average Bonchev–Trinajstić information content (AvgIpc) is 2.15. The van der Waals surface area contributed by atoms with Crippen LogP contribution in [0.2, 0.25) is 0 Å². The van der Waals surface area contributed by atoms with Gasteiger partial charge in [0.05, 0.1) is 30.0 Å². The van der Waals surface area contributed by atoms with Gasteiger partial charge >= 0.3 is 0 Å². The van der Waals surface area contributed by atoms with Crippen LogP contribution in [0.1, 0.15) is 5.69 Å². The molecule has 1 rings (SSSR count). The molecule has 1 heterocycles. The van der Waals surface area contributed by atoms with Crippen LogP contribution in [0, 0.1) is 0 Å². The van der Waals surface area contributed by atoms with E-state index in [2.05, 4.69) is 8.75 Å². The van der Waals surface area contributed by atoms with Crippen molar-refractivity contribution >= 4 is 28.6 Å². The zero-order valence-corrected chi connectivity index (χ0v) is 5.95. The van der Waals surface area contributed by atoms with Crippen molar-refractivity contribution in [2.75, 3.05) is 0 Å². The molecule has 1 aromatic rings. The lowest BCUT2D eigenvalue weighted by Gasteiger charge is -1.81. The Bertz CT molecular complexity index is 198. The predicted octanol–water partition coefficient (Wildman–Crippen LogP) is 0.846. The van der Waals surface area contributed by atoms with Crippen molar-refractivity contribution in [2.24, 2.45) is 0 Å². The van der Waals surface area contributed by atoms with Gasteiger partial charge in [0.25, 0.3) is 0 Å². The highest BCUT2D eigenvalue weighted by Crippen LogP contribution is 1.98. The molecular weight excluding hydrogens is 160 g/mol. The number of halogens is 1. The molecule has 9 heavy (non-hydrogen) atoms. The topological polar surface area (TPSA) is 42.9 Å². The number of carbonyl (C=O) groups excluding carboxylic acids is 1. The van der Waals surface area contributed by atoms with Crippen LogP contribution in [0.4, 0.5) is 0 Å². The molecule has 0 bridgehead atoms. The first-order chi connectivity index (χ1) is 4.29. The van der Waals surface area contributed by atoms with E-state index in [0.717, 1.165) is 11.7 Å². The third-order valence-corrected chi connectivity index (χ3v) is 1.38. The number of hydrogen-bond acceptors (Lipinski definition) is 4. The molecule has 1 aromatic heterocycles. The fourth-order valence-corrected chi connectivity index (χ4v) is 0.974. The van der Waals surface area contributed by atoms with E-state index in [4.69, 9.17) is 11.6 Å². The van der Waals surface area contributed by atoms with Crippen LogP contribution in [0.25, 0.3) is 0 Å². The van der Waals surface area contributed by atoms with Crippen molar-refractivity contribution in [1.29, 1.82) is 0 Å². The highest BCUT2D eigenvalue weighted by molar-refractivity contribution is 6.99. The predicted molar refractivity (Wildman–Crippen MR) is 34.5 cm³/mol. The lowest BCUT2D eigenvalue weighted by atomic mass is 10.4. The standard InChI is InChI=1S/C4H3ClN2OS/c5-4(8)1-3-2-6-9-7-3/h2H,1H2. The number of aromatic nitrogens is 2. The van der Waals surface area contributed by atoms with E-state index in [1.165, 1.54) is 6.20 Å². The highest BCUT2D eigenvalue weighted by Gasteiger charge is 2.00. The van der Waals surface area contributed by atoms with Crippen molar-refractivity contribution in [3.8, 4) is 0 Å². The van der Waals surface area contributed by atoms with Gasteiger partial charge in [-0.2, -0.15) is 8.75 Å². The molecule has 0 N–H and O–H groups in total. The van der Waals surface area contributed by atoms with Crippen LogP contribution in [-0.2, 0) is 11.2 Å². The van der Waals surface area contributed by atoms with E-state index >= 15 is 0 Å². The van der Waals surface area contributed by atoms with Gasteiger partial charge in [0.2, 0.25) is 5.24 Å². The summed E-state index contributed by atoms with van der Waals surface area (Å²) in [5.41, 5.74) is 0.639. The molecule has 0 radical (unpaired) electrons. The summed E-state index contributed by atoms with van der Waals surface area (Å²) >= 11 is 6.14. The molecule has 3 nitrogen and oxygen atoms in total. The minimum Gasteiger partial charge on any atom is -0.281 e. The Morgan fingerprint density at radius 1 is 1.89 bits per heavy atom. The Labute approximate surface area is 61.0 Å². The van der Waals surface area contributed by atoms with Crippen molar-refractivity contribution in [3.05, 3.63) is 11.9 Å². The van der Waals surface area contributed by atoms with Gasteiger partial charge in [0.1, 0.15) is 0 Å². The van der Waals surface area contributed by atoms with Crippen LogP contribution in [0.3, 0.4) is 0 Å². The van der Waals surface area contributed by atoms with E-state index in [1.54, 1.807) is 0 Å². The molecule has 0 saturated carbocycles. The summed E-state index contributed by atoms with van der Waals surface area (Å²) in [5, 5.41) is -0.400. The molecule has 0 aliphatic carbocycles. The quantitative estimate of drug-likeness (QED) is 0.606. The molecule has 0 saturated heterocycles. The Morgan fingerprint density at radius 3 is 3.11 bits per heavy atom. The van der Waals surface area contributed by atoms with Crippen LogP contribution >= 0.6 is 23.3 Å². The molecule has 48 valence electrons. The van der Waals surface area contributed by atoms with Crippen LogP contribution < -0.4 is 0 Å². The highest BCUT2D eigenvalue weighted by atomic mass is 35.5. The summed E-state index contributed by atoms with van der Waals surface area (Å²) < 4.78 is 7.48. The molecule has 0 aliphatic rings. The zero-order valence-electron chi connectivity index (χ0n) is 4.37. The molecule has 0 aliphatic heterocycles. The van der Waals surface area contributed by atoms with E-state index < -0.39 is 5.24 Å². The summed E-state index contributed by atoms with van der Waals surface area (Å²) in [6.45, 7) is 0. The first-order valence-electron chi connectivity index (χ1n) is 2.24. The maximum atomic E-state index is 10.2. The first-order valence-corrected chi connectivity index (χ1v) is 3.34. The summed E-state index contributed by atoms with van der Waals surface area (Å²) in [6, 6.07) is 0. The molecule has 0 fully saturated rings. The second kappa shape index (κ2) is 2.89. The van der Waals surface area contributed by atoms with Crippen LogP contribution in [0.15, 0.2) is 6.20 Å². The van der Waals surface area contributed by atoms with Gasteiger partial charge in [0, 0.05) is 0 Å². The normalized spacial score (nSPS) is 9.44. The second-order valence-electron chi connectivity index (χ2n) is 1.43. The van der Waals surface area contributed by atoms with Gasteiger partial charge in [-0.3, -0.25) is 4.79 Å². The Hall–Kier alpha value is -0.480. The fourth-order valence-electron chi connectivity index (χ4n) is 0.404. The van der Waals surface area contributed by atoms with Crippen LogP contribution in [-0.4, -0.2) is 14.0 Å². The number of hydrogen-bond donors (Lipinski definition) is 0. The van der Waals surface area contributed by atoms with E-state index in [-0.39, 0.29) is 6.42 Å². The number of rotatable bonds is 2. The lowest BCUT2D eigenvalue weighted by molar-refractivity contribution is -0.111. The smallest absolute Gasteiger partial charge is 0.227 e. The Balaban J connectivity index is 2.58. The van der Waals surface area contributed by atoms with E-state index in [1.807, 2.05) is 0 Å². The fraction of sp³-hybridized carbons (Fsp3) is 0.250. The van der Waals surface area contributed by atoms with Crippen molar-refractivity contribution in [3.63, 3.8) is 0 Å². The molecular formula is C4H3ClN2OS. The van der Waals surface area contributed by atoms with Gasteiger partial charge in [-0.1, -0.05) is 0 Å². The maximum Gasteiger partial charge on any atom is 0.227 e. The van der Waals surface area contributed by atoms with Crippen molar-refractivity contribution < 1.29 is 4.79 Å². The minimum atomic E-state index is -0.400. The third-order valence-electron chi connectivity index (χ3n) is 0.727. The largest absolute Gasteiger partial charge is 0.281 e. The lowest BCUT2D eigenvalue weighted by Crippen LogP contribution is -1.91. The number of carbonyl (C=O) groups is 1. The monoisotopic (exact) mass is 162 g/mol. The van der Waals surface area contributed by atoms with Gasteiger partial charge in [-0.25, -0.2) is 0 Å². The summed E-state index contributed by atoms with van der Waals surface area (Å²) in [6.07, 6.45) is 1.71. The van der Waals surface area contributed by atoms with Crippen molar-refractivity contribution in [1.82, 2.24) is 8.75 Å². The second-order valence-corrected chi connectivity index (χ2v) is 2.41. The molecule has 0 spiro atoms. The van der Waals surface area contributed by atoms with Gasteiger partial charge in [-0.05, 0) is 11.6 Å². The number of nitrogens with zero attached hydrogens (tertiary/aromatic N) is 2. The molecule has 0 amide bonds. The Morgan fingerprint density at radius 2 is 2.67 bits per heavy atom.